The highest BCUT2D eigenvalue weighted by Crippen LogP contribution is 2.19. The maximum atomic E-state index is 12.5. The lowest BCUT2D eigenvalue weighted by Crippen LogP contribution is -2.41. The van der Waals surface area contributed by atoms with E-state index in [2.05, 4.69) is 5.10 Å². The van der Waals surface area contributed by atoms with E-state index in [1.807, 2.05) is 42.2 Å². The maximum Gasteiger partial charge on any atom is 0.341 e. The Balaban J connectivity index is 1.53. The molecule has 0 N–H and O–H groups in total. The van der Waals surface area contributed by atoms with Crippen LogP contribution < -0.4 is 0 Å². The molecule has 0 saturated carbocycles. The van der Waals surface area contributed by atoms with Crippen molar-refractivity contribution in [2.24, 2.45) is 5.92 Å². The van der Waals surface area contributed by atoms with Gasteiger partial charge in [-0.3, -0.25) is 9.48 Å². The summed E-state index contributed by atoms with van der Waals surface area (Å²) in [6.45, 7) is 4.38. The fraction of sp³-hybridized carbons (Fsp3) is 0.421. The first-order valence-corrected chi connectivity index (χ1v) is 8.71. The molecule has 6 heteroatoms. The molecule has 1 fully saturated rings. The van der Waals surface area contributed by atoms with Crippen LogP contribution in [0, 0.1) is 5.92 Å². The molecule has 0 bridgehead atoms. The van der Waals surface area contributed by atoms with Crippen molar-refractivity contribution in [2.75, 3.05) is 19.7 Å². The Hall–Kier alpha value is -2.63. The van der Waals surface area contributed by atoms with Crippen molar-refractivity contribution in [3.05, 3.63) is 53.9 Å². The lowest BCUT2D eigenvalue weighted by molar-refractivity contribution is 0.0342. The van der Waals surface area contributed by atoms with Crippen LogP contribution in [-0.4, -0.2) is 46.3 Å². The Morgan fingerprint density at radius 1 is 1.24 bits per heavy atom. The standard InChI is InChI=1S/C19H23N3O3/c1-2-22-13-17(11-20-22)19(24)25-14-15-7-6-10-21(12-15)18(23)16-8-4-3-5-9-16/h3-5,8-9,11,13,15H,2,6-7,10,12,14H2,1H3. The molecule has 1 atom stereocenters. The van der Waals surface area contributed by atoms with E-state index >= 15 is 0 Å². The summed E-state index contributed by atoms with van der Waals surface area (Å²) in [5, 5.41) is 4.08. The van der Waals surface area contributed by atoms with E-state index in [-0.39, 0.29) is 17.8 Å². The zero-order valence-electron chi connectivity index (χ0n) is 14.4. The monoisotopic (exact) mass is 341 g/mol. The number of amides is 1. The third-order valence-electron chi connectivity index (χ3n) is 4.47. The minimum absolute atomic E-state index is 0.0425. The molecule has 1 aliphatic rings. The number of aryl methyl sites for hydroxylation is 1. The Morgan fingerprint density at radius 2 is 2.04 bits per heavy atom. The molecule has 6 nitrogen and oxygen atoms in total. The van der Waals surface area contributed by atoms with Gasteiger partial charge in [-0.15, -0.1) is 0 Å². The molecule has 0 radical (unpaired) electrons. The van der Waals surface area contributed by atoms with E-state index in [0.29, 0.717) is 30.8 Å². The average molecular weight is 341 g/mol. The van der Waals surface area contributed by atoms with Crippen LogP contribution in [0.3, 0.4) is 0 Å². The lowest BCUT2D eigenvalue weighted by atomic mass is 9.98. The SMILES string of the molecule is CCn1cc(C(=O)OCC2CCCN(C(=O)c3ccccc3)C2)cn1. The first-order valence-electron chi connectivity index (χ1n) is 8.71. The van der Waals surface area contributed by atoms with E-state index in [1.165, 1.54) is 6.20 Å². The van der Waals surface area contributed by atoms with E-state index in [9.17, 15) is 9.59 Å². The highest BCUT2D eigenvalue weighted by Gasteiger charge is 2.25. The van der Waals surface area contributed by atoms with Crippen molar-refractivity contribution in [1.29, 1.82) is 0 Å². The van der Waals surface area contributed by atoms with Crippen molar-refractivity contribution in [1.82, 2.24) is 14.7 Å². The Labute approximate surface area is 147 Å². The topological polar surface area (TPSA) is 64.4 Å². The summed E-state index contributed by atoms with van der Waals surface area (Å²) in [5.41, 5.74) is 1.17. The smallest absolute Gasteiger partial charge is 0.341 e. The van der Waals surface area contributed by atoms with Gasteiger partial charge in [-0.1, -0.05) is 18.2 Å². The van der Waals surface area contributed by atoms with Crippen LogP contribution in [0.25, 0.3) is 0 Å². The van der Waals surface area contributed by atoms with Crippen LogP contribution in [0.4, 0.5) is 0 Å². The molecule has 1 aliphatic heterocycles. The van der Waals surface area contributed by atoms with Gasteiger partial charge < -0.3 is 9.64 Å². The van der Waals surface area contributed by atoms with Gasteiger partial charge in [-0.25, -0.2) is 4.79 Å². The molecule has 1 aromatic heterocycles. The average Bonchev–Trinajstić information content (AvgIpc) is 3.16. The molecule has 2 aromatic rings. The van der Waals surface area contributed by atoms with Crippen LogP contribution in [0.2, 0.25) is 0 Å². The Kier molecular flexibility index (Phi) is 5.48. The van der Waals surface area contributed by atoms with E-state index in [4.69, 9.17) is 4.74 Å². The van der Waals surface area contributed by atoms with Gasteiger partial charge in [-0.05, 0) is 31.9 Å². The molecule has 2 heterocycles. The van der Waals surface area contributed by atoms with Gasteiger partial charge in [-0.2, -0.15) is 5.10 Å². The summed E-state index contributed by atoms with van der Waals surface area (Å²) in [6.07, 6.45) is 5.10. The molecule has 1 amide bonds. The second-order valence-corrected chi connectivity index (χ2v) is 6.31. The number of esters is 1. The maximum absolute atomic E-state index is 12.5. The number of rotatable bonds is 5. The molecular weight excluding hydrogens is 318 g/mol. The first-order chi connectivity index (χ1) is 12.2. The van der Waals surface area contributed by atoms with E-state index in [0.717, 1.165) is 19.4 Å². The number of ether oxygens (including phenoxy) is 1. The highest BCUT2D eigenvalue weighted by molar-refractivity contribution is 5.94. The second-order valence-electron chi connectivity index (χ2n) is 6.31. The van der Waals surface area contributed by atoms with Crippen molar-refractivity contribution >= 4 is 11.9 Å². The number of aromatic nitrogens is 2. The minimum atomic E-state index is -0.355. The van der Waals surface area contributed by atoms with Gasteiger partial charge in [0.1, 0.15) is 0 Å². The van der Waals surface area contributed by atoms with Gasteiger partial charge in [0.25, 0.3) is 5.91 Å². The van der Waals surface area contributed by atoms with Gasteiger partial charge in [0, 0.05) is 37.3 Å². The van der Waals surface area contributed by atoms with Gasteiger partial charge in [0.15, 0.2) is 0 Å². The fourth-order valence-corrected chi connectivity index (χ4v) is 3.07. The summed E-state index contributed by atoms with van der Waals surface area (Å²) in [7, 11) is 0. The summed E-state index contributed by atoms with van der Waals surface area (Å²) >= 11 is 0. The van der Waals surface area contributed by atoms with Gasteiger partial charge in [0.2, 0.25) is 0 Å². The molecule has 1 unspecified atom stereocenters. The number of hydrogen-bond acceptors (Lipinski definition) is 4. The van der Waals surface area contributed by atoms with Crippen LogP contribution in [0.15, 0.2) is 42.7 Å². The summed E-state index contributed by atoms with van der Waals surface area (Å²) in [6, 6.07) is 9.30. The predicted octanol–water partition coefficient (Wildman–Crippen LogP) is 2.61. The minimum Gasteiger partial charge on any atom is -0.462 e. The summed E-state index contributed by atoms with van der Waals surface area (Å²) < 4.78 is 7.12. The van der Waals surface area contributed by atoms with Crippen LogP contribution in [0.1, 0.15) is 40.5 Å². The molecule has 25 heavy (non-hydrogen) atoms. The molecule has 1 aromatic carbocycles. The number of carbonyl (C=O) groups is 2. The van der Waals surface area contributed by atoms with Crippen molar-refractivity contribution in [3.63, 3.8) is 0 Å². The number of nitrogens with zero attached hydrogens (tertiary/aromatic N) is 3. The summed E-state index contributed by atoms with van der Waals surface area (Å²) in [4.78, 5) is 26.5. The van der Waals surface area contributed by atoms with Crippen molar-refractivity contribution < 1.29 is 14.3 Å². The van der Waals surface area contributed by atoms with Crippen LogP contribution in [-0.2, 0) is 11.3 Å². The molecular formula is C19H23N3O3. The van der Waals surface area contributed by atoms with Crippen molar-refractivity contribution in [2.45, 2.75) is 26.3 Å². The van der Waals surface area contributed by atoms with Crippen molar-refractivity contribution in [3.8, 4) is 0 Å². The summed E-state index contributed by atoms with van der Waals surface area (Å²) in [5.74, 6) is -0.140. The second kappa shape index (κ2) is 7.96. The molecule has 132 valence electrons. The zero-order chi connectivity index (χ0) is 17.6. The molecule has 0 aliphatic carbocycles. The number of likely N-dealkylation sites (tertiary alicyclic amines) is 1. The first kappa shape index (κ1) is 17.2. The number of benzene rings is 1. The number of carbonyl (C=O) groups excluding carboxylic acids is 2. The van der Waals surface area contributed by atoms with Gasteiger partial charge >= 0.3 is 5.97 Å². The third-order valence-corrected chi connectivity index (χ3v) is 4.47. The number of piperidine rings is 1. The highest BCUT2D eigenvalue weighted by atomic mass is 16.5. The van der Waals surface area contributed by atoms with E-state index in [1.54, 1.807) is 10.9 Å². The quantitative estimate of drug-likeness (QED) is 0.784. The van der Waals surface area contributed by atoms with Crippen LogP contribution in [0.5, 0.6) is 0 Å². The Morgan fingerprint density at radius 3 is 2.76 bits per heavy atom. The normalized spacial score (nSPS) is 17.3. The largest absolute Gasteiger partial charge is 0.462 e. The van der Waals surface area contributed by atoms with E-state index < -0.39 is 0 Å². The molecule has 1 saturated heterocycles. The predicted molar refractivity (Wildman–Crippen MR) is 93.3 cm³/mol. The molecule has 3 rings (SSSR count). The Bertz CT molecular complexity index is 727. The number of hydrogen-bond donors (Lipinski definition) is 0. The fourth-order valence-electron chi connectivity index (χ4n) is 3.07. The van der Waals surface area contributed by atoms with Crippen LogP contribution >= 0.6 is 0 Å². The third kappa shape index (κ3) is 4.26. The molecule has 0 spiro atoms. The van der Waals surface area contributed by atoms with Gasteiger partial charge in [0.05, 0.1) is 18.4 Å². The lowest BCUT2D eigenvalue weighted by Gasteiger charge is -2.32. The zero-order valence-corrected chi connectivity index (χ0v) is 14.4.